The molecule has 0 radical (unpaired) electrons. The maximum atomic E-state index is 13.2. The molecule has 26 heavy (non-hydrogen) atoms. The number of ether oxygens (including phenoxy) is 1. The van der Waals surface area contributed by atoms with E-state index in [0.717, 1.165) is 36.3 Å². The van der Waals surface area contributed by atoms with Crippen LogP contribution < -0.4 is 15.4 Å². The molecule has 3 rings (SSSR count). The van der Waals surface area contributed by atoms with Gasteiger partial charge in [0.05, 0.1) is 13.2 Å². The standard InChI is InChI=1S/C21H25FN2O2/c1-26-19-10-6-16(7-11-19)20(13-15-4-8-17(22)9-5-15)24-21(25)14-18-3-2-12-23-18/h4-11,18,20,23H,2-3,12-14H2,1H3,(H,24,25). The predicted molar refractivity (Wildman–Crippen MR) is 99.6 cm³/mol. The first kappa shape index (κ1) is 18.4. The van der Waals surface area contributed by atoms with Gasteiger partial charge in [0.1, 0.15) is 11.6 Å². The van der Waals surface area contributed by atoms with Gasteiger partial charge in [-0.2, -0.15) is 0 Å². The average molecular weight is 356 g/mol. The molecule has 1 amide bonds. The summed E-state index contributed by atoms with van der Waals surface area (Å²) >= 11 is 0. The molecule has 2 aromatic rings. The van der Waals surface area contributed by atoms with Crippen molar-refractivity contribution in [3.05, 3.63) is 65.5 Å². The van der Waals surface area contributed by atoms with Crippen LogP contribution in [0.3, 0.4) is 0 Å². The van der Waals surface area contributed by atoms with Crippen LogP contribution in [-0.2, 0) is 11.2 Å². The van der Waals surface area contributed by atoms with Gasteiger partial charge in [-0.1, -0.05) is 24.3 Å². The van der Waals surface area contributed by atoms with E-state index in [1.807, 2.05) is 24.3 Å². The quantitative estimate of drug-likeness (QED) is 0.800. The van der Waals surface area contributed by atoms with Crippen molar-refractivity contribution in [3.8, 4) is 5.75 Å². The van der Waals surface area contributed by atoms with E-state index < -0.39 is 0 Å². The summed E-state index contributed by atoms with van der Waals surface area (Å²) in [6.45, 7) is 0.982. The van der Waals surface area contributed by atoms with Gasteiger partial charge in [-0.05, 0) is 61.2 Å². The van der Waals surface area contributed by atoms with Crippen molar-refractivity contribution in [2.45, 2.75) is 37.8 Å². The molecule has 0 aromatic heterocycles. The van der Waals surface area contributed by atoms with Crippen LogP contribution in [0.15, 0.2) is 48.5 Å². The molecule has 1 saturated heterocycles. The topological polar surface area (TPSA) is 50.4 Å². The Labute approximate surface area is 153 Å². The van der Waals surface area contributed by atoms with Crippen LogP contribution in [0, 0.1) is 5.82 Å². The van der Waals surface area contributed by atoms with E-state index >= 15 is 0 Å². The van der Waals surface area contributed by atoms with Gasteiger partial charge in [0, 0.05) is 12.5 Å². The average Bonchev–Trinajstić information content (AvgIpc) is 3.16. The highest BCUT2D eigenvalue weighted by Gasteiger charge is 2.21. The number of hydrogen-bond acceptors (Lipinski definition) is 3. The Hall–Kier alpha value is -2.40. The molecular formula is C21H25FN2O2. The third-order valence-corrected chi connectivity index (χ3v) is 4.80. The normalized spacial score (nSPS) is 17.7. The van der Waals surface area contributed by atoms with Crippen molar-refractivity contribution in [1.29, 1.82) is 0 Å². The van der Waals surface area contributed by atoms with E-state index in [1.54, 1.807) is 19.2 Å². The predicted octanol–water partition coefficient (Wildman–Crippen LogP) is 3.38. The Kier molecular flexibility index (Phi) is 6.23. The van der Waals surface area contributed by atoms with Gasteiger partial charge < -0.3 is 15.4 Å². The molecule has 1 aliphatic rings. The van der Waals surface area contributed by atoms with Crippen molar-refractivity contribution in [2.75, 3.05) is 13.7 Å². The fourth-order valence-corrected chi connectivity index (χ4v) is 3.35. The van der Waals surface area contributed by atoms with Gasteiger partial charge in [-0.15, -0.1) is 0 Å². The highest BCUT2D eigenvalue weighted by Crippen LogP contribution is 2.22. The molecule has 0 bridgehead atoms. The number of benzene rings is 2. The summed E-state index contributed by atoms with van der Waals surface area (Å²) < 4.78 is 18.4. The lowest BCUT2D eigenvalue weighted by Gasteiger charge is -2.21. The first-order chi connectivity index (χ1) is 12.6. The van der Waals surface area contributed by atoms with E-state index in [0.29, 0.717) is 12.8 Å². The molecule has 5 heteroatoms. The number of hydrogen-bond donors (Lipinski definition) is 2. The number of nitrogens with one attached hydrogen (secondary N) is 2. The van der Waals surface area contributed by atoms with Gasteiger partial charge in [-0.25, -0.2) is 4.39 Å². The molecule has 2 N–H and O–H groups in total. The van der Waals surface area contributed by atoms with Gasteiger partial charge >= 0.3 is 0 Å². The lowest BCUT2D eigenvalue weighted by atomic mass is 9.98. The number of carbonyl (C=O) groups excluding carboxylic acids is 1. The second-order valence-corrected chi connectivity index (χ2v) is 6.72. The highest BCUT2D eigenvalue weighted by molar-refractivity contribution is 5.77. The first-order valence-corrected chi connectivity index (χ1v) is 9.05. The van der Waals surface area contributed by atoms with Crippen LogP contribution in [0.1, 0.15) is 36.4 Å². The largest absolute Gasteiger partial charge is 0.497 e. The minimum Gasteiger partial charge on any atom is -0.497 e. The molecular weight excluding hydrogens is 331 g/mol. The summed E-state index contributed by atoms with van der Waals surface area (Å²) in [5.41, 5.74) is 1.98. The lowest BCUT2D eigenvalue weighted by Crippen LogP contribution is -2.35. The minimum atomic E-state index is -0.258. The molecule has 0 aliphatic carbocycles. The van der Waals surface area contributed by atoms with Gasteiger partial charge in [0.2, 0.25) is 5.91 Å². The third kappa shape index (κ3) is 5.05. The van der Waals surface area contributed by atoms with Crippen LogP contribution >= 0.6 is 0 Å². The monoisotopic (exact) mass is 356 g/mol. The van der Waals surface area contributed by atoms with E-state index in [1.165, 1.54) is 12.1 Å². The first-order valence-electron chi connectivity index (χ1n) is 9.05. The SMILES string of the molecule is COc1ccc(C(Cc2ccc(F)cc2)NC(=O)CC2CCCN2)cc1. The molecule has 2 unspecified atom stereocenters. The zero-order valence-electron chi connectivity index (χ0n) is 15.0. The number of amides is 1. The summed E-state index contributed by atoms with van der Waals surface area (Å²) in [5, 5.41) is 6.50. The molecule has 0 spiro atoms. The molecule has 1 heterocycles. The summed E-state index contributed by atoms with van der Waals surface area (Å²) in [7, 11) is 1.63. The Bertz CT molecular complexity index is 710. The van der Waals surface area contributed by atoms with Gasteiger partial charge in [0.25, 0.3) is 0 Å². The van der Waals surface area contributed by atoms with Crippen molar-refractivity contribution in [1.82, 2.24) is 10.6 Å². The van der Waals surface area contributed by atoms with E-state index in [2.05, 4.69) is 10.6 Å². The van der Waals surface area contributed by atoms with Crippen molar-refractivity contribution < 1.29 is 13.9 Å². The molecule has 1 aliphatic heterocycles. The van der Waals surface area contributed by atoms with Crippen LogP contribution in [0.4, 0.5) is 4.39 Å². The van der Waals surface area contributed by atoms with Crippen LogP contribution in [0.5, 0.6) is 5.75 Å². The van der Waals surface area contributed by atoms with Crippen LogP contribution in [-0.4, -0.2) is 25.6 Å². The van der Waals surface area contributed by atoms with Gasteiger partial charge in [-0.3, -0.25) is 4.79 Å². The van der Waals surface area contributed by atoms with E-state index in [-0.39, 0.29) is 23.8 Å². The van der Waals surface area contributed by atoms with Crippen molar-refractivity contribution >= 4 is 5.91 Å². The molecule has 1 fully saturated rings. The summed E-state index contributed by atoms with van der Waals surface area (Å²) in [4.78, 5) is 12.5. The maximum absolute atomic E-state index is 13.2. The second-order valence-electron chi connectivity index (χ2n) is 6.72. The number of methoxy groups -OCH3 is 1. The smallest absolute Gasteiger partial charge is 0.222 e. The Morgan fingerprint density at radius 2 is 1.96 bits per heavy atom. The Morgan fingerprint density at radius 1 is 1.23 bits per heavy atom. The van der Waals surface area contributed by atoms with Crippen LogP contribution in [0.25, 0.3) is 0 Å². The molecule has 138 valence electrons. The zero-order valence-corrected chi connectivity index (χ0v) is 15.0. The lowest BCUT2D eigenvalue weighted by molar-refractivity contribution is -0.122. The van der Waals surface area contributed by atoms with E-state index in [9.17, 15) is 9.18 Å². The van der Waals surface area contributed by atoms with Gasteiger partial charge in [0.15, 0.2) is 0 Å². The number of rotatable bonds is 7. The molecule has 0 saturated carbocycles. The zero-order chi connectivity index (χ0) is 18.4. The highest BCUT2D eigenvalue weighted by atomic mass is 19.1. The molecule has 2 atom stereocenters. The molecule has 4 nitrogen and oxygen atoms in total. The van der Waals surface area contributed by atoms with Crippen LogP contribution in [0.2, 0.25) is 0 Å². The van der Waals surface area contributed by atoms with Crippen molar-refractivity contribution in [2.24, 2.45) is 0 Å². The fourth-order valence-electron chi connectivity index (χ4n) is 3.35. The van der Waals surface area contributed by atoms with E-state index in [4.69, 9.17) is 4.74 Å². The number of carbonyl (C=O) groups is 1. The second kappa shape index (κ2) is 8.81. The molecule has 2 aromatic carbocycles. The van der Waals surface area contributed by atoms with Crippen molar-refractivity contribution in [3.63, 3.8) is 0 Å². The maximum Gasteiger partial charge on any atom is 0.222 e. The Morgan fingerprint density at radius 3 is 2.58 bits per heavy atom. The number of halogens is 1. The third-order valence-electron chi connectivity index (χ3n) is 4.80. The minimum absolute atomic E-state index is 0.0346. The fraction of sp³-hybridized carbons (Fsp3) is 0.381. The Balaban J connectivity index is 1.72. The summed E-state index contributed by atoms with van der Waals surface area (Å²) in [6.07, 6.45) is 3.25. The summed E-state index contributed by atoms with van der Waals surface area (Å²) in [6, 6.07) is 14.2. The summed E-state index contributed by atoms with van der Waals surface area (Å²) in [5.74, 6) is 0.550.